The van der Waals surface area contributed by atoms with E-state index in [2.05, 4.69) is 15.5 Å². The molecule has 1 aromatic carbocycles. The quantitative estimate of drug-likeness (QED) is 0.768. The summed E-state index contributed by atoms with van der Waals surface area (Å²) < 4.78 is 5.52. The largest absolute Gasteiger partial charge is 0.464 e. The number of piperazine rings is 1. The van der Waals surface area contributed by atoms with Crippen LogP contribution < -0.4 is 10.6 Å². The summed E-state index contributed by atoms with van der Waals surface area (Å²) in [5.74, 6) is 0.0202. The maximum absolute atomic E-state index is 12.1. The summed E-state index contributed by atoms with van der Waals surface area (Å²) in [5.41, 5.74) is 2.53. The number of nitrogens with zero attached hydrogens (tertiary/aromatic N) is 1. The lowest BCUT2D eigenvalue weighted by atomic mass is 10.1. The molecule has 1 aliphatic rings. The highest BCUT2D eigenvalue weighted by molar-refractivity contribution is 6.32. The van der Waals surface area contributed by atoms with Crippen molar-refractivity contribution in [1.82, 2.24) is 15.5 Å². The molecule has 0 atom stereocenters. The third-order valence-electron chi connectivity index (χ3n) is 4.38. The molecule has 0 radical (unpaired) electrons. The highest BCUT2D eigenvalue weighted by Crippen LogP contribution is 2.27. The van der Waals surface area contributed by atoms with E-state index in [0.717, 1.165) is 41.6 Å². The summed E-state index contributed by atoms with van der Waals surface area (Å²) in [6.45, 7) is 5.31. The third-order valence-corrected chi connectivity index (χ3v) is 4.78. The van der Waals surface area contributed by atoms with E-state index in [1.54, 1.807) is 6.26 Å². The predicted octanol–water partition coefficient (Wildman–Crippen LogP) is 1.88. The summed E-state index contributed by atoms with van der Waals surface area (Å²) in [6, 6.07) is 3.73. The van der Waals surface area contributed by atoms with Gasteiger partial charge in [-0.25, -0.2) is 0 Å². The molecule has 7 heteroatoms. The van der Waals surface area contributed by atoms with Gasteiger partial charge in [-0.3, -0.25) is 14.5 Å². The Morgan fingerprint density at radius 1 is 1.44 bits per heavy atom. The Hall–Kier alpha value is -2.05. The van der Waals surface area contributed by atoms with Crippen molar-refractivity contribution in [3.8, 4) is 0 Å². The first kappa shape index (κ1) is 17.8. The lowest BCUT2D eigenvalue weighted by Gasteiger charge is -2.26. The van der Waals surface area contributed by atoms with Crippen molar-refractivity contribution in [2.45, 2.75) is 19.8 Å². The zero-order valence-electron chi connectivity index (χ0n) is 14.2. The molecule has 134 valence electrons. The molecule has 0 aliphatic carbocycles. The number of amides is 2. The minimum absolute atomic E-state index is 0.0456. The van der Waals surface area contributed by atoms with Gasteiger partial charge >= 0.3 is 0 Å². The van der Waals surface area contributed by atoms with Gasteiger partial charge < -0.3 is 15.1 Å². The lowest BCUT2D eigenvalue weighted by Crippen LogP contribution is -2.48. The van der Waals surface area contributed by atoms with E-state index in [1.165, 1.54) is 0 Å². The van der Waals surface area contributed by atoms with E-state index in [-0.39, 0.29) is 18.2 Å². The Labute approximate surface area is 151 Å². The molecule has 0 unspecified atom stereocenters. The maximum atomic E-state index is 12.1. The molecule has 2 amide bonds. The van der Waals surface area contributed by atoms with Crippen LogP contribution in [0.15, 0.2) is 22.8 Å². The number of furan rings is 1. The number of aryl methyl sites for hydroxylation is 1. The lowest BCUT2D eigenvalue weighted by molar-refractivity contribution is -0.124. The molecule has 2 N–H and O–H groups in total. The van der Waals surface area contributed by atoms with Gasteiger partial charge in [-0.2, -0.15) is 0 Å². The zero-order valence-corrected chi connectivity index (χ0v) is 15.0. The van der Waals surface area contributed by atoms with Crippen LogP contribution in [0.5, 0.6) is 0 Å². The fraction of sp³-hybridized carbons (Fsp3) is 0.444. The fourth-order valence-corrected chi connectivity index (χ4v) is 3.15. The minimum atomic E-state index is -0.0456. The highest BCUT2D eigenvalue weighted by atomic mass is 35.5. The second-order valence-corrected chi connectivity index (χ2v) is 6.77. The van der Waals surface area contributed by atoms with Gasteiger partial charge in [0, 0.05) is 42.2 Å². The van der Waals surface area contributed by atoms with Gasteiger partial charge in [0.05, 0.1) is 19.2 Å². The van der Waals surface area contributed by atoms with Gasteiger partial charge in [-0.15, -0.1) is 0 Å². The minimum Gasteiger partial charge on any atom is -0.464 e. The molecule has 1 aliphatic heterocycles. The van der Waals surface area contributed by atoms with Crippen LogP contribution in [0, 0.1) is 6.92 Å². The molecular formula is C18H22ClN3O3. The molecule has 3 rings (SSSR count). The first-order valence-corrected chi connectivity index (χ1v) is 8.82. The van der Waals surface area contributed by atoms with Crippen LogP contribution in [0.3, 0.4) is 0 Å². The van der Waals surface area contributed by atoms with Gasteiger partial charge in [0.25, 0.3) is 0 Å². The van der Waals surface area contributed by atoms with Crippen molar-refractivity contribution >= 4 is 34.4 Å². The molecule has 1 fully saturated rings. The number of hydrogen-bond acceptors (Lipinski definition) is 4. The van der Waals surface area contributed by atoms with Crippen LogP contribution in [0.1, 0.15) is 17.5 Å². The SMILES string of the molecule is Cc1cc2occ(CC(=O)NCCCN3CCNC(=O)C3)c2cc1Cl. The van der Waals surface area contributed by atoms with Crippen molar-refractivity contribution < 1.29 is 14.0 Å². The number of halogens is 1. The van der Waals surface area contributed by atoms with E-state index in [9.17, 15) is 9.59 Å². The average molecular weight is 364 g/mol. The number of fused-ring (bicyclic) bond motifs is 1. The van der Waals surface area contributed by atoms with Gasteiger partial charge in [0.15, 0.2) is 0 Å². The van der Waals surface area contributed by atoms with E-state index >= 15 is 0 Å². The van der Waals surface area contributed by atoms with Gasteiger partial charge in [0.1, 0.15) is 5.58 Å². The molecule has 0 saturated carbocycles. The Morgan fingerprint density at radius 3 is 3.08 bits per heavy atom. The molecule has 0 spiro atoms. The van der Waals surface area contributed by atoms with Crippen LogP contribution in [0.4, 0.5) is 0 Å². The molecule has 2 heterocycles. The van der Waals surface area contributed by atoms with Gasteiger partial charge in [-0.1, -0.05) is 11.6 Å². The summed E-state index contributed by atoms with van der Waals surface area (Å²) in [5, 5.41) is 7.27. The van der Waals surface area contributed by atoms with Crippen molar-refractivity contribution in [2.75, 3.05) is 32.7 Å². The Kier molecular flexibility index (Phi) is 5.60. The number of hydrogen-bond donors (Lipinski definition) is 2. The van der Waals surface area contributed by atoms with E-state index in [0.29, 0.717) is 24.7 Å². The summed E-state index contributed by atoms with van der Waals surface area (Å²) >= 11 is 6.16. The molecular weight excluding hydrogens is 342 g/mol. The number of carbonyl (C=O) groups is 2. The van der Waals surface area contributed by atoms with Crippen molar-refractivity contribution in [3.63, 3.8) is 0 Å². The Balaban J connectivity index is 1.46. The maximum Gasteiger partial charge on any atom is 0.234 e. The van der Waals surface area contributed by atoms with Crippen LogP contribution >= 0.6 is 11.6 Å². The monoisotopic (exact) mass is 363 g/mol. The Bertz CT molecular complexity index is 787. The highest BCUT2D eigenvalue weighted by Gasteiger charge is 2.15. The van der Waals surface area contributed by atoms with Crippen LogP contribution in [0.2, 0.25) is 5.02 Å². The molecule has 2 aromatic rings. The van der Waals surface area contributed by atoms with Crippen molar-refractivity contribution in [3.05, 3.63) is 34.5 Å². The summed E-state index contributed by atoms with van der Waals surface area (Å²) in [6.07, 6.45) is 2.70. The van der Waals surface area contributed by atoms with E-state index in [4.69, 9.17) is 16.0 Å². The zero-order chi connectivity index (χ0) is 17.8. The van der Waals surface area contributed by atoms with Gasteiger partial charge in [-0.05, 0) is 31.0 Å². The molecule has 25 heavy (non-hydrogen) atoms. The topological polar surface area (TPSA) is 74.6 Å². The van der Waals surface area contributed by atoms with E-state index < -0.39 is 0 Å². The number of carbonyl (C=O) groups excluding carboxylic acids is 2. The van der Waals surface area contributed by atoms with Crippen LogP contribution in [0.25, 0.3) is 11.0 Å². The normalized spacial score (nSPS) is 15.4. The number of nitrogens with one attached hydrogen (secondary N) is 2. The predicted molar refractivity (Wildman–Crippen MR) is 96.7 cm³/mol. The Morgan fingerprint density at radius 2 is 2.28 bits per heavy atom. The van der Waals surface area contributed by atoms with Gasteiger partial charge in [0.2, 0.25) is 11.8 Å². The second kappa shape index (κ2) is 7.89. The summed E-state index contributed by atoms with van der Waals surface area (Å²) in [7, 11) is 0. The van der Waals surface area contributed by atoms with Crippen LogP contribution in [-0.4, -0.2) is 49.4 Å². The number of rotatable bonds is 6. The average Bonchev–Trinajstić information content (AvgIpc) is 2.94. The standard InChI is InChI=1S/C18H22ClN3O3/c1-12-7-16-14(9-15(12)19)13(11-25-16)8-17(23)20-3-2-5-22-6-4-21-18(24)10-22/h7,9,11H,2-6,8,10H2,1H3,(H,20,23)(H,21,24). The third kappa shape index (κ3) is 4.52. The summed E-state index contributed by atoms with van der Waals surface area (Å²) in [4.78, 5) is 25.5. The van der Waals surface area contributed by atoms with Crippen LogP contribution in [-0.2, 0) is 16.0 Å². The van der Waals surface area contributed by atoms with Crippen molar-refractivity contribution in [2.24, 2.45) is 0 Å². The smallest absolute Gasteiger partial charge is 0.234 e. The second-order valence-electron chi connectivity index (χ2n) is 6.36. The van der Waals surface area contributed by atoms with Crippen molar-refractivity contribution in [1.29, 1.82) is 0 Å². The number of benzene rings is 1. The molecule has 1 aromatic heterocycles. The first-order chi connectivity index (χ1) is 12.0. The first-order valence-electron chi connectivity index (χ1n) is 8.45. The fourth-order valence-electron chi connectivity index (χ4n) is 2.99. The molecule has 6 nitrogen and oxygen atoms in total. The van der Waals surface area contributed by atoms with E-state index in [1.807, 2.05) is 19.1 Å². The molecule has 1 saturated heterocycles. The molecule has 0 bridgehead atoms.